The van der Waals surface area contributed by atoms with Crippen molar-refractivity contribution in [3.05, 3.63) is 29.8 Å². The molecule has 0 saturated carbocycles. The van der Waals surface area contributed by atoms with Crippen molar-refractivity contribution < 1.29 is 4.79 Å². The van der Waals surface area contributed by atoms with Gasteiger partial charge in [-0.2, -0.15) is 0 Å². The van der Waals surface area contributed by atoms with Gasteiger partial charge in [-0.25, -0.2) is 0 Å². The second kappa shape index (κ2) is 6.77. The molecule has 0 aromatic heterocycles. The minimum atomic E-state index is -0.389. The Labute approximate surface area is 126 Å². The number of rotatable bonds is 5. The molecule has 3 heteroatoms. The molecule has 2 nitrogen and oxygen atoms in total. The molecule has 1 saturated heterocycles. The summed E-state index contributed by atoms with van der Waals surface area (Å²) in [7, 11) is 0. The molecular formula is C17H25NOS. The van der Waals surface area contributed by atoms with Crippen molar-refractivity contribution in [3.8, 4) is 0 Å². The minimum absolute atomic E-state index is 0.243. The third-order valence-corrected chi connectivity index (χ3v) is 5.02. The van der Waals surface area contributed by atoms with Gasteiger partial charge in [0.05, 0.1) is 5.54 Å². The largest absolute Gasteiger partial charge is 0.292 e. The van der Waals surface area contributed by atoms with Gasteiger partial charge in [0.15, 0.2) is 5.78 Å². The van der Waals surface area contributed by atoms with Crippen molar-refractivity contribution in [2.45, 2.75) is 50.5 Å². The van der Waals surface area contributed by atoms with E-state index in [1.54, 1.807) is 0 Å². The number of carbonyl (C=O) groups excluding carboxylic acids is 1. The van der Waals surface area contributed by atoms with Crippen LogP contribution in [0, 0.1) is 0 Å². The van der Waals surface area contributed by atoms with Crippen LogP contribution in [-0.4, -0.2) is 35.1 Å². The first-order valence-corrected chi connectivity index (χ1v) is 8.57. The summed E-state index contributed by atoms with van der Waals surface area (Å²) in [5.74, 6) is 1.31. The lowest BCUT2D eigenvalue weighted by molar-refractivity contribution is 0.0579. The van der Waals surface area contributed by atoms with Crippen LogP contribution in [0.25, 0.3) is 0 Å². The summed E-state index contributed by atoms with van der Waals surface area (Å²) in [4.78, 5) is 16.4. The predicted octanol–water partition coefficient (Wildman–Crippen LogP) is 4.25. The van der Waals surface area contributed by atoms with Gasteiger partial charge < -0.3 is 0 Å². The normalized spacial score (nSPS) is 17.1. The SMILES string of the molecule is CCSc1ccc(C(=O)C(C)(C)N2CCCCC2)cc1. The maximum absolute atomic E-state index is 12.8. The Kier molecular flexibility index (Phi) is 5.28. The second-order valence-corrected chi connectivity index (χ2v) is 7.23. The molecule has 110 valence electrons. The fourth-order valence-electron chi connectivity index (χ4n) is 2.82. The highest BCUT2D eigenvalue weighted by Gasteiger charge is 2.35. The van der Waals surface area contributed by atoms with Gasteiger partial charge in [-0.3, -0.25) is 9.69 Å². The highest BCUT2D eigenvalue weighted by Crippen LogP contribution is 2.26. The van der Waals surface area contributed by atoms with Gasteiger partial charge in [0, 0.05) is 10.5 Å². The number of ketones is 1. The molecule has 0 unspecified atom stereocenters. The Morgan fingerprint density at radius 3 is 2.30 bits per heavy atom. The Balaban J connectivity index is 2.12. The Hall–Kier alpha value is -0.800. The number of nitrogens with zero attached hydrogens (tertiary/aromatic N) is 1. The maximum atomic E-state index is 12.8. The van der Waals surface area contributed by atoms with Crippen LogP contribution >= 0.6 is 11.8 Å². The molecule has 0 amide bonds. The van der Waals surface area contributed by atoms with Crippen LogP contribution in [0.15, 0.2) is 29.2 Å². The molecule has 0 bridgehead atoms. The molecule has 1 aliphatic rings. The number of thioether (sulfide) groups is 1. The number of Topliss-reactive ketones (excluding diaryl/α,β-unsaturated/α-hetero) is 1. The number of hydrogen-bond acceptors (Lipinski definition) is 3. The standard InChI is InChI=1S/C17H25NOS/c1-4-20-15-10-8-14(9-11-15)16(19)17(2,3)18-12-6-5-7-13-18/h8-11H,4-7,12-13H2,1-3H3. The molecule has 20 heavy (non-hydrogen) atoms. The molecular weight excluding hydrogens is 266 g/mol. The van der Waals surface area contributed by atoms with Gasteiger partial charge in [0.25, 0.3) is 0 Å². The number of carbonyl (C=O) groups is 1. The Morgan fingerprint density at radius 1 is 1.15 bits per heavy atom. The number of benzene rings is 1. The molecule has 1 aromatic carbocycles. The first-order valence-electron chi connectivity index (χ1n) is 7.58. The molecule has 1 heterocycles. The van der Waals surface area contributed by atoms with Crippen LogP contribution in [0.4, 0.5) is 0 Å². The molecule has 0 spiro atoms. The average molecular weight is 291 g/mol. The van der Waals surface area contributed by atoms with Crippen molar-refractivity contribution in [2.24, 2.45) is 0 Å². The van der Waals surface area contributed by atoms with Crippen LogP contribution < -0.4 is 0 Å². The third kappa shape index (κ3) is 3.44. The van der Waals surface area contributed by atoms with E-state index in [1.165, 1.54) is 24.2 Å². The molecule has 0 atom stereocenters. The van der Waals surface area contributed by atoms with E-state index in [4.69, 9.17) is 0 Å². The summed E-state index contributed by atoms with van der Waals surface area (Å²) >= 11 is 1.81. The summed E-state index contributed by atoms with van der Waals surface area (Å²) in [5, 5.41) is 0. The van der Waals surface area contributed by atoms with E-state index in [9.17, 15) is 4.79 Å². The Bertz CT molecular complexity index is 447. The lowest BCUT2D eigenvalue weighted by Crippen LogP contribution is -2.52. The summed E-state index contributed by atoms with van der Waals surface area (Å²) in [6, 6.07) is 8.08. The topological polar surface area (TPSA) is 20.3 Å². The van der Waals surface area contributed by atoms with E-state index in [0.717, 1.165) is 24.4 Å². The van der Waals surface area contributed by atoms with E-state index in [0.29, 0.717) is 0 Å². The Morgan fingerprint density at radius 2 is 1.75 bits per heavy atom. The zero-order chi connectivity index (χ0) is 14.6. The lowest BCUT2D eigenvalue weighted by atomic mass is 9.89. The van der Waals surface area contributed by atoms with Crippen molar-refractivity contribution in [1.29, 1.82) is 0 Å². The summed E-state index contributed by atoms with van der Waals surface area (Å²) in [6.07, 6.45) is 3.72. The van der Waals surface area contributed by atoms with Gasteiger partial charge in [-0.15, -0.1) is 11.8 Å². The second-order valence-electron chi connectivity index (χ2n) is 5.89. The van der Waals surface area contributed by atoms with E-state index in [2.05, 4.69) is 37.8 Å². The van der Waals surface area contributed by atoms with Crippen molar-refractivity contribution in [3.63, 3.8) is 0 Å². The number of piperidine rings is 1. The average Bonchev–Trinajstić information content (AvgIpc) is 2.48. The summed E-state index contributed by atoms with van der Waals surface area (Å²) in [5.41, 5.74) is 0.445. The van der Waals surface area contributed by atoms with E-state index < -0.39 is 0 Å². The highest BCUT2D eigenvalue weighted by atomic mass is 32.2. The molecule has 0 N–H and O–H groups in total. The predicted molar refractivity (Wildman–Crippen MR) is 86.7 cm³/mol. The fourth-order valence-corrected chi connectivity index (χ4v) is 3.48. The van der Waals surface area contributed by atoms with E-state index in [-0.39, 0.29) is 11.3 Å². The van der Waals surface area contributed by atoms with Crippen LogP contribution in [0.2, 0.25) is 0 Å². The molecule has 1 aromatic rings. The summed E-state index contributed by atoms with van der Waals surface area (Å²) < 4.78 is 0. The smallest absolute Gasteiger partial charge is 0.182 e. The van der Waals surface area contributed by atoms with Crippen molar-refractivity contribution in [1.82, 2.24) is 4.90 Å². The van der Waals surface area contributed by atoms with Gasteiger partial charge >= 0.3 is 0 Å². The maximum Gasteiger partial charge on any atom is 0.182 e. The van der Waals surface area contributed by atoms with Crippen LogP contribution in [0.3, 0.4) is 0 Å². The summed E-state index contributed by atoms with van der Waals surface area (Å²) in [6.45, 7) is 8.36. The van der Waals surface area contributed by atoms with Crippen LogP contribution in [0.1, 0.15) is 50.4 Å². The van der Waals surface area contributed by atoms with E-state index in [1.807, 2.05) is 23.9 Å². The van der Waals surface area contributed by atoms with Gasteiger partial charge in [-0.1, -0.05) is 25.5 Å². The van der Waals surface area contributed by atoms with Gasteiger partial charge in [0.2, 0.25) is 0 Å². The van der Waals surface area contributed by atoms with Gasteiger partial charge in [-0.05, 0) is 57.7 Å². The third-order valence-electron chi connectivity index (χ3n) is 4.13. The lowest BCUT2D eigenvalue weighted by Gasteiger charge is -2.39. The monoisotopic (exact) mass is 291 g/mol. The minimum Gasteiger partial charge on any atom is -0.292 e. The molecule has 0 radical (unpaired) electrons. The zero-order valence-electron chi connectivity index (χ0n) is 12.8. The van der Waals surface area contributed by atoms with Crippen LogP contribution in [0.5, 0.6) is 0 Å². The molecule has 1 aliphatic heterocycles. The van der Waals surface area contributed by atoms with Crippen LogP contribution in [-0.2, 0) is 0 Å². The molecule has 2 rings (SSSR count). The van der Waals surface area contributed by atoms with E-state index >= 15 is 0 Å². The molecule has 1 fully saturated rings. The van der Waals surface area contributed by atoms with Gasteiger partial charge in [0.1, 0.15) is 0 Å². The number of likely N-dealkylation sites (tertiary alicyclic amines) is 1. The number of hydrogen-bond donors (Lipinski definition) is 0. The first-order chi connectivity index (χ1) is 9.55. The van der Waals surface area contributed by atoms with Crippen molar-refractivity contribution in [2.75, 3.05) is 18.8 Å². The fraction of sp³-hybridized carbons (Fsp3) is 0.588. The first kappa shape index (κ1) is 15.6. The zero-order valence-corrected chi connectivity index (χ0v) is 13.6. The molecule has 0 aliphatic carbocycles. The highest BCUT2D eigenvalue weighted by molar-refractivity contribution is 7.99. The quantitative estimate of drug-likeness (QED) is 0.597. The van der Waals surface area contributed by atoms with Crippen molar-refractivity contribution >= 4 is 17.5 Å².